The zero-order chi connectivity index (χ0) is 13.5. The number of rotatable bonds is 2. The van der Waals surface area contributed by atoms with Crippen LogP contribution in [0.5, 0.6) is 0 Å². The summed E-state index contributed by atoms with van der Waals surface area (Å²) in [6, 6.07) is 12.9. The van der Waals surface area contributed by atoms with Crippen LogP contribution in [-0.2, 0) is 4.79 Å². The number of carboxylic acid groups (broad SMARTS) is 1. The van der Waals surface area contributed by atoms with Crippen molar-refractivity contribution in [3.63, 3.8) is 0 Å². The van der Waals surface area contributed by atoms with E-state index in [1.165, 1.54) is 6.92 Å². The van der Waals surface area contributed by atoms with Crippen molar-refractivity contribution in [2.45, 2.75) is 13.0 Å². The second-order valence-electron chi connectivity index (χ2n) is 3.81. The molecule has 0 aliphatic rings. The number of fused-ring (bicyclic) bond motifs is 1. The van der Waals surface area contributed by atoms with Crippen LogP contribution in [0.3, 0.4) is 0 Å². The predicted molar refractivity (Wildman–Crippen MR) is 70.6 cm³/mol. The third-order valence-electron chi connectivity index (χ3n) is 2.34. The molecule has 2 rings (SSSR count). The molecule has 18 heavy (non-hydrogen) atoms. The number of benzene rings is 2. The van der Waals surface area contributed by atoms with E-state index in [0.29, 0.717) is 0 Å². The molecule has 2 aromatic carbocycles. The minimum atomic E-state index is -0.963. The van der Waals surface area contributed by atoms with Crippen LogP contribution in [0, 0.1) is 0 Å². The molecule has 0 aromatic heterocycles. The molecule has 0 aliphatic carbocycles. The van der Waals surface area contributed by atoms with Crippen molar-refractivity contribution in [2.75, 3.05) is 0 Å². The molecule has 2 aromatic rings. The number of carbonyl (C=O) groups excluding carboxylic acids is 1. The third-order valence-corrected chi connectivity index (χ3v) is 2.34. The number of carboxylic acids is 1. The van der Waals surface area contributed by atoms with Crippen LogP contribution in [0.15, 0.2) is 42.5 Å². The van der Waals surface area contributed by atoms with E-state index in [2.05, 4.69) is 0 Å². The highest BCUT2D eigenvalue weighted by Gasteiger charge is 1.99. The van der Waals surface area contributed by atoms with E-state index < -0.39 is 12.0 Å². The minimum Gasteiger partial charge on any atom is -0.480 e. The quantitative estimate of drug-likeness (QED) is 0.794. The van der Waals surface area contributed by atoms with Gasteiger partial charge in [0, 0.05) is 5.56 Å². The molecule has 0 spiro atoms. The zero-order valence-electron chi connectivity index (χ0n) is 10.0. The highest BCUT2D eigenvalue weighted by molar-refractivity contribution is 5.97. The first-order valence-corrected chi connectivity index (χ1v) is 5.47. The summed E-state index contributed by atoms with van der Waals surface area (Å²) in [5.74, 6) is -0.963. The van der Waals surface area contributed by atoms with Gasteiger partial charge in [0.05, 0.1) is 0 Å². The van der Waals surface area contributed by atoms with E-state index in [1.54, 1.807) is 0 Å². The normalized spacial score (nSPS) is 11.2. The maximum absolute atomic E-state index is 10.6. The fourth-order valence-corrected chi connectivity index (χ4v) is 1.35. The summed E-state index contributed by atoms with van der Waals surface area (Å²) in [5.41, 5.74) is 5.59. The lowest BCUT2D eigenvalue weighted by molar-refractivity contribution is -0.138. The number of nitrogens with two attached hydrogens (primary N) is 1. The van der Waals surface area contributed by atoms with Gasteiger partial charge in [-0.05, 0) is 17.7 Å². The standard InChI is InChI=1S/C11H8O.C3H7NO2/c12-8-10-6-3-5-9-4-1-2-7-11(9)10;1-2(4)3(5)6/h1-8H;2H,4H2,1H3,(H,5,6)/t;2-/m.0/s1. The van der Waals surface area contributed by atoms with Crippen molar-refractivity contribution < 1.29 is 14.7 Å². The summed E-state index contributed by atoms with van der Waals surface area (Å²) < 4.78 is 0. The smallest absolute Gasteiger partial charge is 0.320 e. The van der Waals surface area contributed by atoms with Crippen LogP contribution in [0.2, 0.25) is 0 Å². The van der Waals surface area contributed by atoms with Gasteiger partial charge < -0.3 is 10.8 Å². The molecule has 3 N–H and O–H groups in total. The Morgan fingerprint density at radius 3 is 2.33 bits per heavy atom. The zero-order valence-corrected chi connectivity index (χ0v) is 10.0. The van der Waals surface area contributed by atoms with Gasteiger partial charge in [-0.25, -0.2) is 0 Å². The molecule has 1 atom stereocenters. The first kappa shape index (κ1) is 13.9. The average Bonchev–Trinajstić information content (AvgIpc) is 2.38. The van der Waals surface area contributed by atoms with Crippen LogP contribution in [-0.4, -0.2) is 23.4 Å². The fourth-order valence-electron chi connectivity index (χ4n) is 1.35. The van der Waals surface area contributed by atoms with E-state index in [0.717, 1.165) is 22.6 Å². The number of hydrogen-bond acceptors (Lipinski definition) is 3. The predicted octanol–water partition coefficient (Wildman–Crippen LogP) is 2.07. The largest absolute Gasteiger partial charge is 0.480 e. The van der Waals surface area contributed by atoms with Crippen LogP contribution in [0.25, 0.3) is 10.8 Å². The lowest BCUT2D eigenvalue weighted by atomic mass is 10.1. The number of aldehydes is 1. The molecule has 94 valence electrons. The van der Waals surface area contributed by atoms with Gasteiger partial charge in [0.2, 0.25) is 0 Å². The van der Waals surface area contributed by atoms with Crippen LogP contribution in [0.4, 0.5) is 0 Å². The Morgan fingerprint density at radius 2 is 1.78 bits per heavy atom. The van der Waals surface area contributed by atoms with Gasteiger partial charge in [-0.2, -0.15) is 0 Å². The lowest BCUT2D eigenvalue weighted by Gasteiger charge is -1.98. The molecule has 0 radical (unpaired) electrons. The Kier molecular flexibility index (Phi) is 5.02. The number of carbonyl (C=O) groups is 2. The second kappa shape index (κ2) is 6.51. The second-order valence-corrected chi connectivity index (χ2v) is 3.81. The highest BCUT2D eigenvalue weighted by Crippen LogP contribution is 2.16. The maximum Gasteiger partial charge on any atom is 0.320 e. The molecule has 4 nitrogen and oxygen atoms in total. The number of aliphatic carboxylic acids is 1. The summed E-state index contributed by atoms with van der Waals surface area (Å²) in [4.78, 5) is 20.2. The molecule has 0 saturated heterocycles. The van der Waals surface area contributed by atoms with Gasteiger partial charge in [-0.15, -0.1) is 0 Å². The molecule has 0 fully saturated rings. The van der Waals surface area contributed by atoms with E-state index in [9.17, 15) is 9.59 Å². The molecule has 4 heteroatoms. The maximum atomic E-state index is 10.6. The molecule has 0 amide bonds. The Balaban J connectivity index is 0.000000232. The van der Waals surface area contributed by atoms with Gasteiger partial charge in [0.1, 0.15) is 6.04 Å². The summed E-state index contributed by atoms with van der Waals surface area (Å²) >= 11 is 0. The van der Waals surface area contributed by atoms with Crippen LogP contribution < -0.4 is 5.73 Å². The summed E-state index contributed by atoms with van der Waals surface area (Å²) in [6.45, 7) is 1.42. The van der Waals surface area contributed by atoms with Crippen molar-refractivity contribution in [3.05, 3.63) is 48.0 Å². The van der Waals surface area contributed by atoms with Crippen molar-refractivity contribution in [2.24, 2.45) is 5.73 Å². The van der Waals surface area contributed by atoms with E-state index >= 15 is 0 Å². The van der Waals surface area contributed by atoms with E-state index in [4.69, 9.17) is 10.8 Å². The highest BCUT2D eigenvalue weighted by atomic mass is 16.4. The number of hydrogen-bond donors (Lipinski definition) is 2. The van der Waals surface area contributed by atoms with Crippen molar-refractivity contribution >= 4 is 23.0 Å². The summed E-state index contributed by atoms with van der Waals surface area (Å²) in [5, 5.41) is 10.0. The first-order valence-electron chi connectivity index (χ1n) is 5.47. The molecular weight excluding hydrogens is 230 g/mol. The Morgan fingerprint density at radius 1 is 1.22 bits per heavy atom. The third kappa shape index (κ3) is 3.68. The Bertz CT molecular complexity index is 544. The van der Waals surface area contributed by atoms with Gasteiger partial charge in [-0.1, -0.05) is 42.5 Å². The van der Waals surface area contributed by atoms with Crippen LogP contribution >= 0.6 is 0 Å². The van der Waals surface area contributed by atoms with Gasteiger partial charge in [0.25, 0.3) is 0 Å². The SMILES string of the molecule is C[C@H](N)C(=O)O.O=Cc1cccc2ccccc12. The summed E-state index contributed by atoms with van der Waals surface area (Å²) in [7, 11) is 0. The van der Waals surface area contributed by atoms with E-state index in [1.807, 2.05) is 42.5 Å². The monoisotopic (exact) mass is 245 g/mol. The Labute approximate surface area is 105 Å². The molecule has 0 unspecified atom stereocenters. The Hall–Kier alpha value is -2.20. The molecular formula is C14H15NO3. The van der Waals surface area contributed by atoms with Crippen molar-refractivity contribution in [1.82, 2.24) is 0 Å². The first-order chi connectivity index (χ1) is 8.56. The molecule has 0 saturated carbocycles. The molecule has 0 heterocycles. The minimum absolute atomic E-state index is 0.731. The lowest BCUT2D eigenvalue weighted by Crippen LogP contribution is -2.25. The summed E-state index contributed by atoms with van der Waals surface area (Å²) in [6.07, 6.45) is 0.891. The molecule has 0 aliphatic heterocycles. The average molecular weight is 245 g/mol. The fraction of sp³-hybridized carbons (Fsp3) is 0.143. The van der Waals surface area contributed by atoms with Gasteiger partial charge >= 0.3 is 5.97 Å². The molecule has 0 bridgehead atoms. The van der Waals surface area contributed by atoms with Crippen molar-refractivity contribution in [3.8, 4) is 0 Å². The topological polar surface area (TPSA) is 80.4 Å². The van der Waals surface area contributed by atoms with Crippen molar-refractivity contribution in [1.29, 1.82) is 0 Å². The van der Waals surface area contributed by atoms with E-state index in [-0.39, 0.29) is 0 Å². The van der Waals surface area contributed by atoms with Gasteiger partial charge in [-0.3, -0.25) is 9.59 Å². The van der Waals surface area contributed by atoms with Crippen LogP contribution in [0.1, 0.15) is 17.3 Å². The van der Waals surface area contributed by atoms with Gasteiger partial charge in [0.15, 0.2) is 6.29 Å².